The molecule has 0 aliphatic heterocycles. The Morgan fingerprint density at radius 3 is 3.15 bits per heavy atom. The molecule has 4 nitrogen and oxygen atoms in total. The van der Waals surface area contributed by atoms with Crippen molar-refractivity contribution in [3.05, 3.63) is 24.2 Å². The first-order chi connectivity index (χ1) is 6.34. The quantitative estimate of drug-likeness (QED) is 0.635. The van der Waals surface area contributed by atoms with Gasteiger partial charge < -0.3 is 19.6 Å². The lowest BCUT2D eigenvalue weighted by Crippen LogP contribution is -2.24. The molecular weight excluding hydrogens is 170 g/mol. The van der Waals surface area contributed by atoms with E-state index in [1.807, 2.05) is 0 Å². The zero-order valence-corrected chi connectivity index (χ0v) is 7.69. The zero-order valence-electron chi connectivity index (χ0n) is 7.69. The van der Waals surface area contributed by atoms with Crippen LogP contribution in [0.1, 0.15) is 11.9 Å². The number of hydrogen-bond acceptors (Lipinski definition) is 4. The van der Waals surface area contributed by atoms with E-state index >= 15 is 0 Å². The zero-order chi connectivity index (χ0) is 9.52. The highest BCUT2D eigenvalue weighted by Crippen LogP contribution is 2.11. The van der Waals surface area contributed by atoms with Gasteiger partial charge in [0.05, 0.1) is 12.9 Å². The van der Waals surface area contributed by atoms with Crippen LogP contribution in [0.2, 0.25) is 0 Å². The molecule has 1 atom stereocenters. The SMILES string of the molecule is COCCNCC(O)c1ccco1. The van der Waals surface area contributed by atoms with Gasteiger partial charge in [-0.3, -0.25) is 0 Å². The Morgan fingerprint density at radius 2 is 2.54 bits per heavy atom. The average Bonchev–Trinajstić information content (AvgIpc) is 2.65. The van der Waals surface area contributed by atoms with Gasteiger partial charge in [-0.2, -0.15) is 0 Å². The molecule has 0 radical (unpaired) electrons. The Kier molecular flexibility index (Phi) is 4.53. The fourth-order valence-electron chi connectivity index (χ4n) is 0.994. The van der Waals surface area contributed by atoms with E-state index in [1.54, 1.807) is 25.5 Å². The van der Waals surface area contributed by atoms with Gasteiger partial charge in [-0.15, -0.1) is 0 Å². The molecule has 0 bridgehead atoms. The van der Waals surface area contributed by atoms with E-state index in [0.29, 0.717) is 18.9 Å². The van der Waals surface area contributed by atoms with Crippen LogP contribution in [0.4, 0.5) is 0 Å². The summed E-state index contributed by atoms with van der Waals surface area (Å²) in [6.45, 7) is 1.86. The average molecular weight is 185 g/mol. The molecule has 4 heteroatoms. The molecule has 0 saturated carbocycles. The third kappa shape index (κ3) is 3.59. The van der Waals surface area contributed by atoms with E-state index in [2.05, 4.69) is 5.32 Å². The number of furan rings is 1. The van der Waals surface area contributed by atoms with Crippen molar-refractivity contribution < 1.29 is 14.3 Å². The Bertz CT molecular complexity index is 211. The predicted molar refractivity (Wildman–Crippen MR) is 48.4 cm³/mol. The molecule has 0 aliphatic rings. The van der Waals surface area contributed by atoms with Gasteiger partial charge in [-0.25, -0.2) is 0 Å². The van der Waals surface area contributed by atoms with Gasteiger partial charge in [-0.1, -0.05) is 0 Å². The number of hydrogen-bond donors (Lipinski definition) is 2. The molecular formula is C9H15NO3. The molecule has 1 heterocycles. The molecule has 1 unspecified atom stereocenters. The molecule has 0 aliphatic carbocycles. The molecule has 0 amide bonds. The lowest BCUT2D eigenvalue weighted by molar-refractivity contribution is 0.140. The van der Waals surface area contributed by atoms with Gasteiger partial charge in [0.1, 0.15) is 11.9 Å². The van der Waals surface area contributed by atoms with E-state index in [0.717, 1.165) is 6.54 Å². The highest BCUT2D eigenvalue weighted by molar-refractivity contribution is 5.01. The summed E-state index contributed by atoms with van der Waals surface area (Å²) < 4.78 is 9.88. The summed E-state index contributed by atoms with van der Waals surface area (Å²) in [5, 5.41) is 12.6. The normalized spacial score (nSPS) is 13.1. The summed E-state index contributed by atoms with van der Waals surface area (Å²) in [5.74, 6) is 0.588. The topological polar surface area (TPSA) is 54.6 Å². The summed E-state index contributed by atoms with van der Waals surface area (Å²) >= 11 is 0. The van der Waals surface area contributed by atoms with Crippen LogP contribution in [0.5, 0.6) is 0 Å². The van der Waals surface area contributed by atoms with E-state index in [1.165, 1.54) is 0 Å². The minimum absolute atomic E-state index is 0.483. The number of nitrogens with one attached hydrogen (secondary N) is 1. The third-order valence-electron chi connectivity index (χ3n) is 1.69. The fourth-order valence-corrected chi connectivity index (χ4v) is 0.994. The molecule has 0 saturated heterocycles. The molecule has 1 aromatic rings. The van der Waals surface area contributed by atoms with Crippen molar-refractivity contribution in [1.29, 1.82) is 0 Å². The fraction of sp³-hybridized carbons (Fsp3) is 0.556. The lowest BCUT2D eigenvalue weighted by atomic mass is 10.3. The monoisotopic (exact) mass is 185 g/mol. The van der Waals surface area contributed by atoms with Crippen LogP contribution < -0.4 is 5.32 Å². The number of aliphatic hydroxyl groups is 1. The second-order valence-electron chi connectivity index (χ2n) is 2.73. The van der Waals surface area contributed by atoms with E-state index in [9.17, 15) is 5.11 Å². The summed E-state index contributed by atoms with van der Waals surface area (Å²) in [6, 6.07) is 3.51. The van der Waals surface area contributed by atoms with Crippen molar-refractivity contribution in [2.45, 2.75) is 6.10 Å². The molecule has 2 N–H and O–H groups in total. The maximum absolute atomic E-state index is 9.51. The predicted octanol–water partition coefficient (Wildman–Crippen LogP) is 0.549. The summed E-state index contributed by atoms with van der Waals surface area (Å²) in [4.78, 5) is 0. The van der Waals surface area contributed by atoms with Crippen molar-refractivity contribution in [2.75, 3.05) is 26.8 Å². The van der Waals surface area contributed by atoms with Crippen LogP contribution in [0.15, 0.2) is 22.8 Å². The Hall–Kier alpha value is -0.840. The maximum Gasteiger partial charge on any atom is 0.133 e. The van der Waals surface area contributed by atoms with Crippen molar-refractivity contribution in [3.63, 3.8) is 0 Å². The van der Waals surface area contributed by atoms with Crippen molar-refractivity contribution in [2.24, 2.45) is 0 Å². The van der Waals surface area contributed by atoms with Crippen LogP contribution >= 0.6 is 0 Å². The Labute approximate surface area is 77.5 Å². The minimum atomic E-state index is -0.577. The largest absolute Gasteiger partial charge is 0.467 e. The highest BCUT2D eigenvalue weighted by Gasteiger charge is 2.08. The summed E-state index contributed by atoms with van der Waals surface area (Å²) in [7, 11) is 1.64. The standard InChI is InChI=1S/C9H15NO3/c1-12-6-4-10-7-8(11)9-3-2-5-13-9/h2-3,5,8,10-11H,4,6-7H2,1H3. The maximum atomic E-state index is 9.51. The van der Waals surface area contributed by atoms with Crippen molar-refractivity contribution in [3.8, 4) is 0 Å². The van der Waals surface area contributed by atoms with Gasteiger partial charge in [0, 0.05) is 20.2 Å². The van der Waals surface area contributed by atoms with Crippen LogP contribution in [-0.4, -0.2) is 31.9 Å². The van der Waals surface area contributed by atoms with E-state index < -0.39 is 6.10 Å². The van der Waals surface area contributed by atoms with Gasteiger partial charge in [0.25, 0.3) is 0 Å². The van der Waals surface area contributed by atoms with Crippen LogP contribution in [0.25, 0.3) is 0 Å². The molecule has 13 heavy (non-hydrogen) atoms. The molecule has 0 spiro atoms. The van der Waals surface area contributed by atoms with E-state index in [-0.39, 0.29) is 0 Å². The van der Waals surface area contributed by atoms with Gasteiger partial charge in [-0.05, 0) is 12.1 Å². The third-order valence-corrected chi connectivity index (χ3v) is 1.69. The van der Waals surface area contributed by atoms with Crippen LogP contribution in [-0.2, 0) is 4.74 Å². The summed E-state index contributed by atoms with van der Waals surface area (Å²) in [6.07, 6.45) is 0.972. The number of methoxy groups -OCH3 is 1. The number of ether oxygens (including phenoxy) is 1. The van der Waals surface area contributed by atoms with Crippen LogP contribution in [0, 0.1) is 0 Å². The van der Waals surface area contributed by atoms with Gasteiger partial charge in [0.2, 0.25) is 0 Å². The number of rotatable bonds is 6. The molecule has 1 aromatic heterocycles. The molecule has 0 aromatic carbocycles. The van der Waals surface area contributed by atoms with Crippen molar-refractivity contribution >= 4 is 0 Å². The Morgan fingerprint density at radius 1 is 1.69 bits per heavy atom. The second-order valence-corrected chi connectivity index (χ2v) is 2.73. The van der Waals surface area contributed by atoms with Crippen LogP contribution in [0.3, 0.4) is 0 Å². The summed E-state index contributed by atoms with van der Waals surface area (Å²) in [5.41, 5.74) is 0. The van der Waals surface area contributed by atoms with Gasteiger partial charge in [0.15, 0.2) is 0 Å². The minimum Gasteiger partial charge on any atom is -0.467 e. The molecule has 74 valence electrons. The molecule has 0 fully saturated rings. The van der Waals surface area contributed by atoms with Crippen molar-refractivity contribution in [1.82, 2.24) is 5.32 Å². The molecule has 1 rings (SSSR count). The first-order valence-electron chi connectivity index (χ1n) is 4.25. The lowest BCUT2D eigenvalue weighted by Gasteiger charge is -2.08. The first kappa shape index (κ1) is 10.2. The van der Waals surface area contributed by atoms with E-state index in [4.69, 9.17) is 9.15 Å². The smallest absolute Gasteiger partial charge is 0.133 e. The van der Waals surface area contributed by atoms with Gasteiger partial charge >= 0.3 is 0 Å². The highest BCUT2D eigenvalue weighted by atomic mass is 16.5. The first-order valence-corrected chi connectivity index (χ1v) is 4.25. The Balaban J connectivity index is 2.15. The number of aliphatic hydroxyl groups excluding tert-OH is 1. The second kappa shape index (κ2) is 5.75.